The number of rotatable bonds is 7. The highest BCUT2D eigenvalue weighted by molar-refractivity contribution is 7.89. The second-order valence-corrected chi connectivity index (χ2v) is 7.07. The minimum atomic E-state index is -3.53. The van der Waals surface area contributed by atoms with Gasteiger partial charge in [0.05, 0.1) is 4.90 Å². The maximum atomic E-state index is 12.3. The molecule has 5 nitrogen and oxygen atoms in total. The number of hydrogen-bond donors (Lipinski definition) is 2. The first-order valence-electron chi connectivity index (χ1n) is 6.29. The lowest BCUT2D eigenvalue weighted by Crippen LogP contribution is -2.28. The number of aryl methyl sites for hydroxylation is 1. The molecule has 0 saturated carbocycles. The number of hydrogen-bond acceptors (Lipinski definition) is 4. The van der Waals surface area contributed by atoms with Crippen molar-refractivity contribution in [1.29, 1.82) is 0 Å². The molecule has 0 bridgehead atoms. The van der Waals surface area contributed by atoms with Crippen LogP contribution in [0.2, 0.25) is 0 Å². The Kier molecular flexibility index (Phi) is 6.07. The normalized spacial score (nSPS) is 11.8. The van der Waals surface area contributed by atoms with Crippen LogP contribution in [-0.4, -0.2) is 45.5 Å². The van der Waals surface area contributed by atoms with E-state index >= 15 is 0 Å². The average Bonchev–Trinajstić information content (AvgIpc) is 2.34. The zero-order valence-electron chi connectivity index (χ0n) is 12.0. The molecular weight excluding hydrogens is 294 g/mol. The van der Waals surface area contributed by atoms with Gasteiger partial charge in [-0.15, -0.1) is 0 Å². The Bertz CT molecular complexity index is 583. The largest absolute Gasteiger partial charge is 0.389 e. The van der Waals surface area contributed by atoms with Crippen LogP contribution in [0, 0.1) is 6.92 Å². The fraction of sp³-hybridized carbons (Fsp3) is 0.462. The Morgan fingerprint density at radius 3 is 2.60 bits per heavy atom. The smallest absolute Gasteiger partial charge is 0.240 e. The highest BCUT2D eigenvalue weighted by Crippen LogP contribution is 2.17. The third-order valence-electron chi connectivity index (χ3n) is 2.84. The Morgan fingerprint density at radius 1 is 1.40 bits per heavy atom. The number of sulfonamides is 1. The molecule has 0 aromatic heterocycles. The monoisotopic (exact) mass is 315 g/mol. The van der Waals surface area contributed by atoms with Crippen molar-refractivity contribution in [2.75, 3.05) is 27.2 Å². The zero-order valence-corrected chi connectivity index (χ0v) is 13.6. The molecule has 1 aromatic rings. The predicted octanol–water partition coefficient (Wildman–Crippen LogP) is 0.859. The van der Waals surface area contributed by atoms with E-state index in [1.807, 2.05) is 19.0 Å². The molecule has 3 N–H and O–H groups in total. The maximum absolute atomic E-state index is 12.3. The van der Waals surface area contributed by atoms with Crippen LogP contribution in [-0.2, 0) is 10.0 Å². The maximum Gasteiger partial charge on any atom is 0.240 e. The summed E-state index contributed by atoms with van der Waals surface area (Å²) in [4.78, 5) is 2.43. The van der Waals surface area contributed by atoms with Crippen LogP contribution in [0.25, 0.3) is 0 Å². The molecule has 20 heavy (non-hydrogen) atoms. The van der Waals surface area contributed by atoms with Gasteiger partial charge in [-0.05, 0) is 45.6 Å². The van der Waals surface area contributed by atoms with Crippen molar-refractivity contribution in [1.82, 2.24) is 9.62 Å². The first-order chi connectivity index (χ1) is 9.24. The van der Waals surface area contributed by atoms with Crippen molar-refractivity contribution in [3.63, 3.8) is 0 Å². The molecule has 0 radical (unpaired) electrons. The molecule has 112 valence electrons. The Hall–Kier alpha value is -1.02. The molecule has 0 heterocycles. The molecular formula is C13H21N3O2S2. The van der Waals surface area contributed by atoms with Crippen LogP contribution in [0.3, 0.4) is 0 Å². The van der Waals surface area contributed by atoms with Crippen LogP contribution in [0.1, 0.15) is 17.5 Å². The van der Waals surface area contributed by atoms with Gasteiger partial charge in [0.2, 0.25) is 10.0 Å². The van der Waals surface area contributed by atoms with Crippen molar-refractivity contribution in [2.24, 2.45) is 5.73 Å². The van der Waals surface area contributed by atoms with Gasteiger partial charge in [-0.2, -0.15) is 0 Å². The van der Waals surface area contributed by atoms with E-state index in [0.717, 1.165) is 13.0 Å². The van der Waals surface area contributed by atoms with Crippen molar-refractivity contribution in [2.45, 2.75) is 18.2 Å². The number of nitrogens with zero attached hydrogens (tertiary/aromatic N) is 1. The van der Waals surface area contributed by atoms with Crippen LogP contribution >= 0.6 is 12.2 Å². The average molecular weight is 315 g/mol. The van der Waals surface area contributed by atoms with Gasteiger partial charge in [0.15, 0.2) is 0 Å². The van der Waals surface area contributed by atoms with Crippen molar-refractivity contribution in [3.8, 4) is 0 Å². The first kappa shape index (κ1) is 17.0. The van der Waals surface area contributed by atoms with Crippen molar-refractivity contribution in [3.05, 3.63) is 29.3 Å². The van der Waals surface area contributed by atoms with Crippen molar-refractivity contribution >= 4 is 27.2 Å². The Balaban J connectivity index is 2.86. The van der Waals surface area contributed by atoms with Gasteiger partial charge in [-0.3, -0.25) is 0 Å². The summed E-state index contributed by atoms with van der Waals surface area (Å²) in [6, 6.07) is 4.96. The minimum absolute atomic E-state index is 0.189. The van der Waals surface area contributed by atoms with Gasteiger partial charge in [0.25, 0.3) is 0 Å². The molecule has 1 rings (SSSR count). The number of benzene rings is 1. The number of thiocarbonyl (C=S) groups is 1. The summed E-state index contributed by atoms with van der Waals surface area (Å²) in [7, 11) is 0.369. The van der Waals surface area contributed by atoms with Gasteiger partial charge in [0.1, 0.15) is 4.99 Å². The third kappa shape index (κ3) is 4.82. The summed E-state index contributed by atoms with van der Waals surface area (Å²) in [5.74, 6) is 0. The first-order valence-corrected chi connectivity index (χ1v) is 8.18. The highest BCUT2D eigenvalue weighted by Gasteiger charge is 2.17. The van der Waals surface area contributed by atoms with E-state index in [2.05, 4.69) is 4.72 Å². The highest BCUT2D eigenvalue weighted by atomic mass is 32.2. The number of nitrogens with one attached hydrogen (secondary N) is 1. The Morgan fingerprint density at radius 2 is 2.05 bits per heavy atom. The van der Waals surface area contributed by atoms with E-state index in [0.29, 0.717) is 17.7 Å². The summed E-state index contributed by atoms with van der Waals surface area (Å²) in [6.07, 6.45) is 0.750. The molecule has 0 aliphatic carbocycles. The molecule has 1 aromatic carbocycles. The lowest BCUT2D eigenvalue weighted by atomic mass is 10.1. The summed E-state index contributed by atoms with van der Waals surface area (Å²) in [5.41, 5.74) is 6.77. The molecule has 0 unspecified atom stereocenters. The van der Waals surface area contributed by atoms with E-state index in [4.69, 9.17) is 18.0 Å². The molecule has 0 aliphatic rings. The van der Waals surface area contributed by atoms with Crippen LogP contribution in [0.5, 0.6) is 0 Å². The quantitative estimate of drug-likeness (QED) is 0.576. The van der Waals surface area contributed by atoms with E-state index < -0.39 is 10.0 Å². The van der Waals surface area contributed by atoms with E-state index in [-0.39, 0.29) is 9.88 Å². The third-order valence-corrected chi connectivity index (χ3v) is 4.68. The van der Waals surface area contributed by atoms with Gasteiger partial charge in [-0.1, -0.05) is 24.4 Å². The standard InChI is InChI=1S/C13H21N3O2S2/c1-10-5-6-11(13(14)19)9-12(10)20(17,18)15-7-4-8-16(2)3/h5-6,9,15H,4,7-8H2,1-3H3,(H2,14,19). The van der Waals surface area contributed by atoms with E-state index in [9.17, 15) is 8.42 Å². The van der Waals surface area contributed by atoms with Crippen LogP contribution in [0.15, 0.2) is 23.1 Å². The minimum Gasteiger partial charge on any atom is -0.389 e. The van der Waals surface area contributed by atoms with Crippen LogP contribution < -0.4 is 10.5 Å². The topological polar surface area (TPSA) is 75.4 Å². The fourth-order valence-corrected chi connectivity index (χ4v) is 3.19. The molecule has 0 saturated heterocycles. The predicted molar refractivity (Wildman–Crippen MR) is 85.4 cm³/mol. The van der Waals surface area contributed by atoms with E-state index in [1.54, 1.807) is 19.1 Å². The van der Waals surface area contributed by atoms with Gasteiger partial charge < -0.3 is 10.6 Å². The summed E-state index contributed by atoms with van der Waals surface area (Å²) < 4.78 is 27.1. The van der Waals surface area contributed by atoms with Crippen LogP contribution in [0.4, 0.5) is 0 Å². The second-order valence-electron chi connectivity index (χ2n) is 4.90. The lowest BCUT2D eigenvalue weighted by Gasteiger charge is -2.12. The molecule has 0 atom stereocenters. The molecule has 0 fully saturated rings. The number of nitrogens with two attached hydrogens (primary N) is 1. The molecule has 0 aliphatic heterocycles. The van der Waals surface area contributed by atoms with Gasteiger partial charge in [0, 0.05) is 12.1 Å². The van der Waals surface area contributed by atoms with Gasteiger partial charge in [-0.25, -0.2) is 13.1 Å². The second kappa shape index (κ2) is 7.12. The van der Waals surface area contributed by atoms with E-state index in [1.165, 1.54) is 6.07 Å². The fourth-order valence-electron chi connectivity index (χ4n) is 1.72. The molecule has 0 spiro atoms. The lowest BCUT2D eigenvalue weighted by molar-refractivity contribution is 0.400. The Labute approximate surface area is 126 Å². The van der Waals surface area contributed by atoms with Gasteiger partial charge >= 0.3 is 0 Å². The summed E-state index contributed by atoms with van der Waals surface area (Å²) >= 11 is 4.88. The SMILES string of the molecule is Cc1ccc(C(N)=S)cc1S(=O)(=O)NCCCN(C)C. The summed E-state index contributed by atoms with van der Waals surface area (Å²) in [6.45, 7) is 2.98. The zero-order chi connectivity index (χ0) is 15.3. The molecule has 7 heteroatoms. The van der Waals surface area contributed by atoms with Crippen molar-refractivity contribution < 1.29 is 8.42 Å². The summed E-state index contributed by atoms with van der Waals surface area (Å²) in [5, 5.41) is 0. The molecule has 0 amide bonds.